The zero-order chi connectivity index (χ0) is 17.1. The van der Waals surface area contributed by atoms with E-state index in [1.54, 1.807) is 0 Å². The number of amides is 1. The monoisotopic (exact) mass is 317 g/mol. The first-order valence-electron chi connectivity index (χ1n) is 6.26. The highest BCUT2D eigenvalue weighted by molar-refractivity contribution is 5.99. The van der Waals surface area contributed by atoms with Gasteiger partial charge in [0.1, 0.15) is 11.6 Å². The number of nitrogens with one attached hydrogen (secondary N) is 1. The van der Waals surface area contributed by atoms with Crippen LogP contribution in [0, 0.1) is 18.2 Å². The molecule has 0 unspecified atom stereocenters. The van der Waals surface area contributed by atoms with Gasteiger partial charge in [-0.1, -0.05) is 5.92 Å². The van der Waals surface area contributed by atoms with Crippen LogP contribution in [0.1, 0.15) is 36.2 Å². The Balaban J connectivity index is 3.28. The Morgan fingerprint density at radius 2 is 2.05 bits per heavy atom. The number of hydrogen-bond acceptors (Lipinski definition) is 3. The molecule has 22 heavy (non-hydrogen) atoms. The number of carbonyl (C=O) groups is 1. The van der Waals surface area contributed by atoms with Gasteiger partial charge in [0.25, 0.3) is 5.91 Å². The van der Waals surface area contributed by atoms with Crippen LogP contribution in [0.15, 0.2) is 6.20 Å². The van der Waals surface area contributed by atoms with Crippen molar-refractivity contribution in [2.24, 2.45) is 5.73 Å². The number of nitrogens with two attached hydrogens (primary N) is 1. The van der Waals surface area contributed by atoms with E-state index in [1.165, 1.54) is 13.8 Å². The zero-order valence-electron chi connectivity index (χ0n) is 12.0. The summed E-state index contributed by atoms with van der Waals surface area (Å²) in [6.07, 6.45) is 0.599. The van der Waals surface area contributed by atoms with Gasteiger partial charge in [-0.25, -0.2) is 9.37 Å². The van der Waals surface area contributed by atoms with E-state index in [2.05, 4.69) is 16.2 Å². The largest absolute Gasteiger partial charge is 0.390 e. The van der Waals surface area contributed by atoms with E-state index in [0.717, 1.165) is 6.20 Å². The van der Waals surface area contributed by atoms with Gasteiger partial charge in [0.2, 0.25) is 0 Å². The van der Waals surface area contributed by atoms with Gasteiger partial charge in [-0.15, -0.1) is 6.42 Å². The van der Waals surface area contributed by atoms with E-state index in [4.69, 9.17) is 12.2 Å². The van der Waals surface area contributed by atoms with Gasteiger partial charge in [-0.2, -0.15) is 13.2 Å². The van der Waals surface area contributed by atoms with Crippen LogP contribution < -0.4 is 11.1 Å². The molecule has 0 aliphatic heterocycles. The van der Waals surface area contributed by atoms with Gasteiger partial charge in [-0.3, -0.25) is 4.79 Å². The lowest BCUT2D eigenvalue weighted by Gasteiger charge is -2.23. The minimum absolute atomic E-state index is 0.174. The first-order chi connectivity index (χ1) is 9.99. The SMILES string of the molecule is C#CC(C)(C)c1c(F)cnc(NCCC(F)(F)F)c1C(N)=O. The van der Waals surface area contributed by atoms with Crippen molar-refractivity contribution < 1.29 is 22.4 Å². The van der Waals surface area contributed by atoms with Gasteiger partial charge >= 0.3 is 6.18 Å². The molecule has 1 amide bonds. The lowest BCUT2D eigenvalue weighted by atomic mass is 9.82. The third-order valence-electron chi connectivity index (χ3n) is 2.97. The molecule has 0 aliphatic carbocycles. The number of carbonyl (C=O) groups excluding carboxylic acids is 1. The summed E-state index contributed by atoms with van der Waals surface area (Å²) in [4.78, 5) is 15.2. The summed E-state index contributed by atoms with van der Waals surface area (Å²) in [5, 5.41) is 2.35. The van der Waals surface area contributed by atoms with Gasteiger partial charge in [-0.05, 0) is 13.8 Å². The summed E-state index contributed by atoms with van der Waals surface area (Å²) in [7, 11) is 0. The highest BCUT2D eigenvalue weighted by Gasteiger charge is 2.31. The van der Waals surface area contributed by atoms with Crippen LogP contribution >= 0.6 is 0 Å². The number of aromatic nitrogens is 1. The topological polar surface area (TPSA) is 68.0 Å². The van der Waals surface area contributed by atoms with Crippen molar-refractivity contribution in [3.05, 3.63) is 23.1 Å². The molecule has 0 aromatic carbocycles. The number of rotatable bonds is 5. The van der Waals surface area contributed by atoms with Crippen molar-refractivity contribution >= 4 is 11.7 Å². The van der Waals surface area contributed by atoms with E-state index in [-0.39, 0.29) is 16.9 Å². The average Bonchev–Trinajstić information content (AvgIpc) is 2.38. The van der Waals surface area contributed by atoms with Crippen LogP contribution in [0.2, 0.25) is 0 Å². The zero-order valence-corrected chi connectivity index (χ0v) is 12.0. The third kappa shape index (κ3) is 4.10. The molecule has 1 rings (SSSR count). The summed E-state index contributed by atoms with van der Waals surface area (Å²) < 4.78 is 50.5. The van der Waals surface area contributed by atoms with Crippen molar-refractivity contribution in [3.8, 4) is 12.3 Å². The maximum absolute atomic E-state index is 14.0. The van der Waals surface area contributed by atoms with Gasteiger partial charge < -0.3 is 11.1 Å². The number of hydrogen-bond donors (Lipinski definition) is 2. The average molecular weight is 317 g/mol. The van der Waals surface area contributed by atoms with Crippen LogP contribution in [-0.2, 0) is 5.41 Å². The quantitative estimate of drug-likeness (QED) is 0.648. The van der Waals surface area contributed by atoms with Gasteiger partial charge in [0.15, 0.2) is 0 Å². The predicted molar refractivity (Wildman–Crippen MR) is 73.7 cm³/mol. The Bertz CT molecular complexity index is 618. The lowest BCUT2D eigenvalue weighted by molar-refractivity contribution is -0.131. The smallest absolute Gasteiger partial charge is 0.369 e. The lowest BCUT2D eigenvalue weighted by Crippen LogP contribution is -2.27. The number of anilines is 1. The van der Waals surface area contributed by atoms with E-state index < -0.39 is 36.3 Å². The Labute approximate surface area is 125 Å². The molecule has 0 bridgehead atoms. The first kappa shape index (κ1) is 17.8. The normalized spacial score (nSPS) is 11.9. The van der Waals surface area contributed by atoms with Crippen molar-refractivity contribution in [1.29, 1.82) is 0 Å². The highest BCUT2D eigenvalue weighted by atomic mass is 19.4. The Hall–Kier alpha value is -2.30. The number of terminal acetylenes is 1. The van der Waals surface area contributed by atoms with Crippen molar-refractivity contribution in [3.63, 3.8) is 0 Å². The molecule has 0 atom stereocenters. The second-order valence-corrected chi connectivity index (χ2v) is 5.13. The molecule has 4 nitrogen and oxygen atoms in total. The number of alkyl halides is 3. The van der Waals surface area contributed by atoms with Crippen molar-refractivity contribution in [2.75, 3.05) is 11.9 Å². The van der Waals surface area contributed by atoms with Crippen molar-refractivity contribution in [1.82, 2.24) is 4.98 Å². The molecule has 1 heterocycles. The molecule has 3 N–H and O–H groups in total. The molecule has 0 fully saturated rings. The summed E-state index contributed by atoms with van der Waals surface area (Å²) >= 11 is 0. The van der Waals surface area contributed by atoms with Gasteiger partial charge in [0.05, 0.1) is 23.6 Å². The molecule has 0 saturated carbocycles. The molecule has 0 radical (unpaired) electrons. The van der Waals surface area contributed by atoms with Crippen LogP contribution in [0.25, 0.3) is 0 Å². The second kappa shape index (κ2) is 6.22. The Morgan fingerprint density at radius 1 is 1.45 bits per heavy atom. The number of pyridine rings is 1. The van der Waals surface area contributed by atoms with E-state index >= 15 is 0 Å². The molecule has 1 aromatic heterocycles. The summed E-state index contributed by atoms with van der Waals surface area (Å²) in [5.41, 5.74) is 3.52. The van der Waals surface area contributed by atoms with Crippen LogP contribution in [-0.4, -0.2) is 23.6 Å². The fourth-order valence-electron chi connectivity index (χ4n) is 1.87. The fraction of sp³-hybridized carbons (Fsp3) is 0.429. The molecular formula is C14H15F4N3O. The van der Waals surface area contributed by atoms with E-state index in [1.807, 2.05) is 0 Å². The third-order valence-corrected chi connectivity index (χ3v) is 2.97. The van der Waals surface area contributed by atoms with E-state index in [9.17, 15) is 22.4 Å². The fourth-order valence-corrected chi connectivity index (χ4v) is 1.87. The molecule has 0 saturated heterocycles. The molecule has 1 aromatic rings. The molecule has 0 spiro atoms. The molecule has 8 heteroatoms. The first-order valence-corrected chi connectivity index (χ1v) is 6.26. The summed E-state index contributed by atoms with van der Waals surface area (Å²) in [6.45, 7) is 2.44. The van der Waals surface area contributed by atoms with Crippen LogP contribution in [0.4, 0.5) is 23.4 Å². The number of halogens is 4. The highest BCUT2D eigenvalue weighted by Crippen LogP contribution is 2.31. The standard InChI is InChI=1S/C14H15F4N3O/c1-4-13(2,3)10-8(15)7-21-12(9(10)11(19)22)20-6-5-14(16,17)18/h1,7H,5-6H2,2-3H3,(H2,19,22)(H,20,21). The number of nitrogens with zero attached hydrogens (tertiary/aromatic N) is 1. The summed E-state index contributed by atoms with van der Waals surface area (Å²) in [5.74, 6) is 0.216. The number of primary amides is 1. The minimum atomic E-state index is -4.37. The minimum Gasteiger partial charge on any atom is -0.369 e. The molecular weight excluding hydrogens is 302 g/mol. The second-order valence-electron chi connectivity index (χ2n) is 5.13. The van der Waals surface area contributed by atoms with Crippen molar-refractivity contribution in [2.45, 2.75) is 31.9 Å². The maximum atomic E-state index is 14.0. The predicted octanol–water partition coefficient (Wildman–Crippen LogP) is 2.59. The Kier molecular flexibility index (Phi) is 5.02. The molecule has 0 aliphatic rings. The Morgan fingerprint density at radius 3 is 2.50 bits per heavy atom. The van der Waals surface area contributed by atoms with E-state index in [0.29, 0.717) is 0 Å². The van der Waals surface area contributed by atoms with Gasteiger partial charge in [0, 0.05) is 12.1 Å². The summed E-state index contributed by atoms with van der Waals surface area (Å²) in [6, 6.07) is 0. The van der Waals surface area contributed by atoms with Crippen LogP contribution in [0.5, 0.6) is 0 Å². The van der Waals surface area contributed by atoms with Crippen LogP contribution in [0.3, 0.4) is 0 Å². The molecule has 120 valence electrons. The maximum Gasteiger partial charge on any atom is 0.390 e.